The van der Waals surface area contributed by atoms with Crippen LogP contribution in [0.15, 0.2) is 40.2 Å². The molecule has 2 N–H and O–H groups in total. The van der Waals surface area contributed by atoms with Crippen LogP contribution in [-0.2, 0) is 24.4 Å². The molecular formula is C18H21N5O4. The molecule has 9 nitrogen and oxygen atoms in total. The Balaban J connectivity index is 1.75. The van der Waals surface area contributed by atoms with Crippen LogP contribution in [-0.4, -0.2) is 39.0 Å². The van der Waals surface area contributed by atoms with Gasteiger partial charge in [0.1, 0.15) is 0 Å². The van der Waals surface area contributed by atoms with Crippen LogP contribution in [0.5, 0.6) is 0 Å². The van der Waals surface area contributed by atoms with Gasteiger partial charge >= 0.3 is 5.69 Å². The van der Waals surface area contributed by atoms with Crippen molar-refractivity contribution in [3.63, 3.8) is 0 Å². The van der Waals surface area contributed by atoms with Gasteiger partial charge in [0.2, 0.25) is 0 Å². The van der Waals surface area contributed by atoms with Gasteiger partial charge in [-0.05, 0) is 25.1 Å². The van der Waals surface area contributed by atoms with Crippen molar-refractivity contribution in [2.45, 2.75) is 26.6 Å². The second kappa shape index (κ2) is 8.00. The van der Waals surface area contributed by atoms with E-state index in [1.807, 2.05) is 6.20 Å². The number of aromatic nitrogens is 4. The second-order valence-electron chi connectivity index (χ2n) is 6.03. The average molecular weight is 371 g/mol. The Labute approximate surface area is 154 Å². The van der Waals surface area contributed by atoms with E-state index < -0.39 is 5.69 Å². The van der Waals surface area contributed by atoms with Crippen LogP contribution in [0.2, 0.25) is 0 Å². The van der Waals surface area contributed by atoms with Crippen molar-refractivity contribution >= 4 is 16.8 Å². The van der Waals surface area contributed by atoms with Crippen molar-refractivity contribution < 1.29 is 9.53 Å². The summed E-state index contributed by atoms with van der Waals surface area (Å²) in [6.45, 7) is 3.52. The normalized spacial score (nSPS) is 11.0. The molecule has 0 aliphatic rings. The first-order valence-corrected chi connectivity index (χ1v) is 8.58. The molecule has 0 spiro atoms. The van der Waals surface area contributed by atoms with E-state index in [0.29, 0.717) is 36.2 Å². The van der Waals surface area contributed by atoms with Crippen LogP contribution < -0.4 is 16.6 Å². The van der Waals surface area contributed by atoms with Crippen LogP contribution in [0.25, 0.3) is 10.9 Å². The summed E-state index contributed by atoms with van der Waals surface area (Å²) < 4.78 is 7.85. The summed E-state index contributed by atoms with van der Waals surface area (Å²) in [5, 5.41) is 7.36. The third kappa shape index (κ3) is 3.98. The molecule has 3 rings (SSSR count). The molecule has 3 aromatic rings. The minimum absolute atomic E-state index is 0.282. The standard InChI is InChI=1S/C18H21N5O4/c1-3-23-17(25)14-5-4-13(8-15(14)21-18(23)26)16(24)19-9-12-10-20-22(11-12)6-7-27-2/h4-5,8,10-11H,3,6-7,9H2,1-2H3,(H,19,24)(H,21,26). The lowest BCUT2D eigenvalue weighted by Crippen LogP contribution is -2.34. The fourth-order valence-corrected chi connectivity index (χ4v) is 2.77. The van der Waals surface area contributed by atoms with Crippen LogP contribution in [0.4, 0.5) is 0 Å². The summed E-state index contributed by atoms with van der Waals surface area (Å²) in [7, 11) is 1.62. The number of nitrogens with one attached hydrogen (secondary N) is 2. The van der Waals surface area contributed by atoms with E-state index >= 15 is 0 Å². The van der Waals surface area contributed by atoms with Crippen molar-refractivity contribution in [2.75, 3.05) is 13.7 Å². The third-order valence-corrected chi connectivity index (χ3v) is 4.22. The molecule has 2 heterocycles. The zero-order valence-electron chi connectivity index (χ0n) is 15.2. The smallest absolute Gasteiger partial charge is 0.328 e. The number of aromatic amines is 1. The summed E-state index contributed by atoms with van der Waals surface area (Å²) in [5.74, 6) is -0.304. The highest BCUT2D eigenvalue weighted by atomic mass is 16.5. The Kier molecular flexibility index (Phi) is 5.51. The number of amides is 1. The number of H-pyrrole nitrogens is 1. The van der Waals surface area contributed by atoms with Crippen LogP contribution in [0, 0.1) is 0 Å². The predicted octanol–water partition coefficient (Wildman–Crippen LogP) is 0.483. The maximum atomic E-state index is 12.4. The molecule has 27 heavy (non-hydrogen) atoms. The second-order valence-corrected chi connectivity index (χ2v) is 6.03. The number of nitrogens with zero attached hydrogens (tertiary/aromatic N) is 3. The first-order valence-electron chi connectivity index (χ1n) is 8.58. The molecule has 2 aromatic heterocycles. The minimum atomic E-state index is -0.490. The minimum Gasteiger partial charge on any atom is -0.383 e. The summed E-state index contributed by atoms with van der Waals surface area (Å²) in [5.41, 5.74) is 0.704. The molecular weight excluding hydrogens is 350 g/mol. The third-order valence-electron chi connectivity index (χ3n) is 4.22. The van der Waals surface area contributed by atoms with E-state index in [1.54, 1.807) is 37.0 Å². The van der Waals surface area contributed by atoms with Crippen LogP contribution in [0.3, 0.4) is 0 Å². The molecule has 0 bridgehead atoms. The monoisotopic (exact) mass is 371 g/mol. The molecule has 1 aromatic carbocycles. The summed E-state index contributed by atoms with van der Waals surface area (Å²) in [4.78, 5) is 39.3. The molecule has 0 aliphatic heterocycles. The lowest BCUT2D eigenvalue weighted by atomic mass is 10.1. The SMILES string of the molecule is CCn1c(=O)[nH]c2cc(C(=O)NCc3cnn(CCOC)c3)ccc2c1=O. The Morgan fingerprint density at radius 2 is 2.15 bits per heavy atom. The van der Waals surface area contributed by atoms with E-state index in [9.17, 15) is 14.4 Å². The zero-order valence-corrected chi connectivity index (χ0v) is 15.2. The lowest BCUT2D eigenvalue weighted by molar-refractivity contribution is 0.0951. The summed E-state index contributed by atoms with van der Waals surface area (Å²) in [6.07, 6.45) is 3.52. The number of carbonyl (C=O) groups is 1. The molecule has 0 unspecified atom stereocenters. The number of fused-ring (bicyclic) bond motifs is 1. The highest BCUT2D eigenvalue weighted by Crippen LogP contribution is 2.09. The van der Waals surface area contributed by atoms with Crippen LogP contribution in [0.1, 0.15) is 22.8 Å². The quantitative estimate of drug-likeness (QED) is 0.628. The molecule has 142 valence electrons. The number of benzene rings is 1. The van der Waals surface area contributed by atoms with Gasteiger partial charge in [-0.3, -0.25) is 18.8 Å². The number of ether oxygens (including phenoxy) is 1. The fraction of sp³-hybridized carbons (Fsp3) is 0.333. The summed E-state index contributed by atoms with van der Waals surface area (Å²) in [6, 6.07) is 4.63. The van der Waals surface area contributed by atoms with Crippen molar-refractivity contribution in [1.82, 2.24) is 24.6 Å². The van der Waals surface area contributed by atoms with E-state index in [0.717, 1.165) is 10.1 Å². The van der Waals surface area contributed by atoms with Gasteiger partial charge in [0.05, 0.1) is 30.3 Å². The lowest BCUT2D eigenvalue weighted by Gasteiger charge is -2.07. The van der Waals surface area contributed by atoms with E-state index in [2.05, 4.69) is 15.4 Å². The number of hydrogen-bond donors (Lipinski definition) is 2. The van der Waals surface area contributed by atoms with Gasteiger partial charge in [0.25, 0.3) is 11.5 Å². The Bertz CT molecular complexity index is 1080. The largest absolute Gasteiger partial charge is 0.383 e. The van der Waals surface area contributed by atoms with Gasteiger partial charge in [0.15, 0.2) is 0 Å². The van der Waals surface area contributed by atoms with Gasteiger partial charge in [-0.25, -0.2) is 4.79 Å². The number of carbonyl (C=O) groups excluding carboxylic acids is 1. The van der Waals surface area contributed by atoms with Crippen LogP contribution >= 0.6 is 0 Å². The highest BCUT2D eigenvalue weighted by molar-refractivity contribution is 5.97. The average Bonchev–Trinajstić information content (AvgIpc) is 3.12. The number of rotatable bonds is 7. The van der Waals surface area contributed by atoms with Gasteiger partial charge in [-0.15, -0.1) is 0 Å². The molecule has 0 aliphatic carbocycles. The van der Waals surface area contributed by atoms with E-state index in [1.165, 1.54) is 6.07 Å². The highest BCUT2D eigenvalue weighted by Gasteiger charge is 2.11. The fourth-order valence-electron chi connectivity index (χ4n) is 2.77. The molecule has 0 radical (unpaired) electrons. The topological polar surface area (TPSA) is 111 Å². The number of hydrogen-bond acceptors (Lipinski definition) is 5. The van der Waals surface area contributed by atoms with E-state index in [4.69, 9.17) is 4.74 Å². The first-order chi connectivity index (χ1) is 13.0. The maximum Gasteiger partial charge on any atom is 0.328 e. The summed E-state index contributed by atoms with van der Waals surface area (Å²) >= 11 is 0. The van der Waals surface area contributed by atoms with Crippen molar-refractivity contribution in [2.24, 2.45) is 0 Å². The molecule has 0 fully saturated rings. The van der Waals surface area contributed by atoms with Gasteiger partial charge in [-0.2, -0.15) is 5.10 Å². The Morgan fingerprint density at radius 1 is 1.33 bits per heavy atom. The molecule has 1 amide bonds. The van der Waals surface area contributed by atoms with Gasteiger partial charge < -0.3 is 15.0 Å². The van der Waals surface area contributed by atoms with Crippen molar-refractivity contribution in [1.29, 1.82) is 0 Å². The Morgan fingerprint density at radius 3 is 2.89 bits per heavy atom. The van der Waals surface area contributed by atoms with Gasteiger partial charge in [-0.1, -0.05) is 0 Å². The van der Waals surface area contributed by atoms with Gasteiger partial charge in [0, 0.05) is 37.5 Å². The number of methoxy groups -OCH3 is 1. The molecule has 0 saturated carbocycles. The molecule has 0 atom stereocenters. The van der Waals surface area contributed by atoms with E-state index in [-0.39, 0.29) is 18.0 Å². The predicted molar refractivity (Wildman–Crippen MR) is 99.8 cm³/mol. The molecule has 9 heteroatoms. The zero-order chi connectivity index (χ0) is 19.4. The molecule has 0 saturated heterocycles. The Hall–Kier alpha value is -3.20. The maximum absolute atomic E-state index is 12.4. The first kappa shape index (κ1) is 18.6. The van der Waals surface area contributed by atoms with Crippen molar-refractivity contribution in [3.8, 4) is 0 Å². The van der Waals surface area contributed by atoms with Crippen molar-refractivity contribution in [3.05, 3.63) is 62.6 Å².